The lowest BCUT2D eigenvalue weighted by Crippen LogP contribution is -2.56. The molecule has 1 aliphatic heterocycles. The molecule has 4 heteroatoms. The van der Waals surface area contributed by atoms with Gasteiger partial charge in [-0.2, -0.15) is 0 Å². The molecule has 1 aromatic carbocycles. The zero-order chi connectivity index (χ0) is 14.7. The van der Waals surface area contributed by atoms with Crippen molar-refractivity contribution in [2.24, 2.45) is 5.92 Å². The maximum absolute atomic E-state index is 13.8. The Kier molecular flexibility index (Phi) is 5.00. The van der Waals surface area contributed by atoms with Crippen molar-refractivity contribution in [1.29, 1.82) is 0 Å². The molecule has 0 saturated carbocycles. The van der Waals surface area contributed by atoms with Crippen molar-refractivity contribution >= 4 is 0 Å². The number of ether oxygens (including phenoxy) is 1. The van der Waals surface area contributed by atoms with Gasteiger partial charge in [-0.25, -0.2) is 4.39 Å². The molecule has 0 radical (unpaired) electrons. The standard InChI is InChI=1S/C16H25FN2O/c1-11(2)15-8-18-12(3)9-19(15)10-13-5-6-16(20-4)14(17)7-13/h5-7,11-12,15,18H,8-10H2,1-4H3. The van der Waals surface area contributed by atoms with Crippen molar-refractivity contribution in [2.75, 3.05) is 20.2 Å². The van der Waals surface area contributed by atoms with Crippen molar-refractivity contribution in [3.63, 3.8) is 0 Å². The third-order valence-corrected chi connectivity index (χ3v) is 4.02. The molecule has 20 heavy (non-hydrogen) atoms. The minimum atomic E-state index is -0.283. The first-order chi connectivity index (χ1) is 9.51. The molecule has 0 aromatic heterocycles. The molecule has 1 N–H and O–H groups in total. The van der Waals surface area contributed by atoms with Crippen LogP contribution in [0.2, 0.25) is 0 Å². The van der Waals surface area contributed by atoms with Crippen LogP contribution in [-0.2, 0) is 6.54 Å². The lowest BCUT2D eigenvalue weighted by Gasteiger charge is -2.41. The maximum atomic E-state index is 13.8. The minimum absolute atomic E-state index is 0.283. The molecule has 1 aromatic rings. The highest BCUT2D eigenvalue weighted by atomic mass is 19.1. The highest BCUT2D eigenvalue weighted by Gasteiger charge is 2.28. The van der Waals surface area contributed by atoms with Crippen molar-refractivity contribution < 1.29 is 9.13 Å². The molecule has 112 valence electrons. The first-order valence-electron chi connectivity index (χ1n) is 7.31. The summed E-state index contributed by atoms with van der Waals surface area (Å²) in [4.78, 5) is 2.45. The van der Waals surface area contributed by atoms with Gasteiger partial charge in [-0.3, -0.25) is 4.90 Å². The predicted molar refractivity (Wildman–Crippen MR) is 79.5 cm³/mol. The normalized spacial score (nSPS) is 24.1. The number of hydrogen-bond acceptors (Lipinski definition) is 3. The van der Waals surface area contributed by atoms with E-state index in [0.717, 1.165) is 25.2 Å². The van der Waals surface area contributed by atoms with Crippen LogP contribution in [0, 0.1) is 11.7 Å². The van der Waals surface area contributed by atoms with E-state index in [1.54, 1.807) is 12.1 Å². The van der Waals surface area contributed by atoms with Crippen LogP contribution >= 0.6 is 0 Å². The van der Waals surface area contributed by atoms with Gasteiger partial charge in [0, 0.05) is 31.7 Å². The molecule has 0 aliphatic carbocycles. The molecule has 3 nitrogen and oxygen atoms in total. The fourth-order valence-corrected chi connectivity index (χ4v) is 2.88. The number of rotatable bonds is 4. The van der Waals surface area contributed by atoms with Crippen molar-refractivity contribution in [1.82, 2.24) is 10.2 Å². The van der Waals surface area contributed by atoms with Crippen LogP contribution in [0.5, 0.6) is 5.75 Å². The van der Waals surface area contributed by atoms with Crippen LogP contribution in [0.4, 0.5) is 4.39 Å². The first kappa shape index (κ1) is 15.3. The van der Waals surface area contributed by atoms with E-state index in [1.165, 1.54) is 7.11 Å². The van der Waals surface area contributed by atoms with Gasteiger partial charge in [0.15, 0.2) is 11.6 Å². The van der Waals surface area contributed by atoms with Crippen LogP contribution in [-0.4, -0.2) is 37.2 Å². The fourth-order valence-electron chi connectivity index (χ4n) is 2.88. The predicted octanol–water partition coefficient (Wildman–Crippen LogP) is 2.65. The van der Waals surface area contributed by atoms with Crippen LogP contribution in [0.15, 0.2) is 18.2 Å². The summed E-state index contributed by atoms with van der Waals surface area (Å²) in [5.41, 5.74) is 1.00. The lowest BCUT2D eigenvalue weighted by atomic mass is 9.98. The van der Waals surface area contributed by atoms with E-state index < -0.39 is 0 Å². The third kappa shape index (κ3) is 3.49. The Bertz CT molecular complexity index is 450. The minimum Gasteiger partial charge on any atom is -0.494 e. The Morgan fingerprint density at radius 2 is 2.20 bits per heavy atom. The van der Waals surface area contributed by atoms with Gasteiger partial charge >= 0.3 is 0 Å². The number of nitrogens with zero attached hydrogens (tertiary/aromatic N) is 1. The second-order valence-electron chi connectivity index (χ2n) is 6.02. The summed E-state index contributed by atoms with van der Waals surface area (Å²) >= 11 is 0. The monoisotopic (exact) mass is 280 g/mol. The Balaban J connectivity index is 2.11. The van der Waals surface area contributed by atoms with E-state index in [4.69, 9.17) is 4.74 Å². The van der Waals surface area contributed by atoms with E-state index in [0.29, 0.717) is 23.8 Å². The van der Waals surface area contributed by atoms with Crippen molar-refractivity contribution in [3.05, 3.63) is 29.6 Å². The molecule has 0 bridgehead atoms. The van der Waals surface area contributed by atoms with Gasteiger partial charge in [0.2, 0.25) is 0 Å². The summed E-state index contributed by atoms with van der Waals surface area (Å²) < 4.78 is 18.7. The summed E-state index contributed by atoms with van der Waals surface area (Å²) in [5, 5.41) is 3.52. The Morgan fingerprint density at radius 3 is 2.80 bits per heavy atom. The van der Waals surface area contributed by atoms with E-state index >= 15 is 0 Å². The largest absolute Gasteiger partial charge is 0.494 e. The number of benzene rings is 1. The van der Waals surface area contributed by atoms with Crippen molar-refractivity contribution in [2.45, 2.75) is 39.4 Å². The number of methoxy groups -OCH3 is 1. The molecule has 2 atom stereocenters. The smallest absolute Gasteiger partial charge is 0.165 e. The molecular weight excluding hydrogens is 255 g/mol. The summed E-state index contributed by atoms with van der Waals surface area (Å²) in [6.45, 7) is 9.45. The molecule has 1 heterocycles. The molecule has 0 amide bonds. The average molecular weight is 280 g/mol. The second kappa shape index (κ2) is 6.55. The third-order valence-electron chi connectivity index (χ3n) is 4.02. The Hall–Kier alpha value is -1.13. The van der Waals surface area contributed by atoms with E-state index in [1.807, 2.05) is 6.07 Å². The quantitative estimate of drug-likeness (QED) is 0.917. The molecule has 1 fully saturated rings. The second-order valence-corrected chi connectivity index (χ2v) is 6.02. The lowest BCUT2D eigenvalue weighted by molar-refractivity contribution is 0.0955. The summed E-state index contributed by atoms with van der Waals surface area (Å²) in [6.07, 6.45) is 0. The fraction of sp³-hybridized carbons (Fsp3) is 0.625. The summed E-state index contributed by atoms with van der Waals surface area (Å²) in [7, 11) is 1.49. The van der Waals surface area contributed by atoms with Gasteiger partial charge in [-0.05, 0) is 30.5 Å². The maximum Gasteiger partial charge on any atom is 0.165 e. The molecule has 1 saturated heterocycles. The summed E-state index contributed by atoms with van der Waals surface area (Å²) in [5.74, 6) is 0.607. The highest BCUT2D eigenvalue weighted by Crippen LogP contribution is 2.22. The summed E-state index contributed by atoms with van der Waals surface area (Å²) in [6, 6.07) is 6.22. The molecular formula is C16H25FN2O. The van der Waals surface area contributed by atoms with Gasteiger partial charge < -0.3 is 10.1 Å². The highest BCUT2D eigenvalue weighted by molar-refractivity contribution is 5.29. The number of hydrogen-bond donors (Lipinski definition) is 1. The zero-order valence-corrected chi connectivity index (χ0v) is 12.8. The van der Waals surface area contributed by atoms with Crippen LogP contribution in [0.25, 0.3) is 0 Å². The SMILES string of the molecule is COc1ccc(CN2CC(C)NCC2C(C)C)cc1F. The topological polar surface area (TPSA) is 24.5 Å². The molecule has 2 unspecified atom stereocenters. The number of halogens is 1. The van der Waals surface area contributed by atoms with Gasteiger partial charge in [0.05, 0.1) is 7.11 Å². The van der Waals surface area contributed by atoms with Gasteiger partial charge in [0.1, 0.15) is 0 Å². The molecule has 2 rings (SSSR count). The molecule has 1 aliphatic rings. The van der Waals surface area contributed by atoms with E-state index in [-0.39, 0.29) is 5.82 Å². The number of piperazine rings is 1. The zero-order valence-electron chi connectivity index (χ0n) is 12.8. The van der Waals surface area contributed by atoms with Crippen LogP contribution in [0.1, 0.15) is 26.3 Å². The van der Waals surface area contributed by atoms with Gasteiger partial charge in [0.25, 0.3) is 0 Å². The molecule has 0 spiro atoms. The van der Waals surface area contributed by atoms with Crippen LogP contribution < -0.4 is 10.1 Å². The van der Waals surface area contributed by atoms with Gasteiger partial charge in [-0.1, -0.05) is 19.9 Å². The first-order valence-corrected chi connectivity index (χ1v) is 7.31. The Labute approximate surface area is 121 Å². The van der Waals surface area contributed by atoms with E-state index in [9.17, 15) is 4.39 Å². The van der Waals surface area contributed by atoms with Crippen molar-refractivity contribution in [3.8, 4) is 5.75 Å². The average Bonchev–Trinajstić information content (AvgIpc) is 2.38. The van der Waals surface area contributed by atoms with Crippen LogP contribution in [0.3, 0.4) is 0 Å². The van der Waals surface area contributed by atoms with E-state index in [2.05, 4.69) is 31.0 Å². The Morgan fingerprint density at radius 1 is 1.45 bits per heavy atom. The number of nitrogens with one attached hydrogen (secondary N) is 1. The van der Waals surface area contributed by atoms with Gasteiger partial charge in [-0.15, -0.1) is 0 Å².